The number of hydrogen-bond donors (Lipinski definition) is 1. The van der Waals surface area contributed by atoms with Crippen molar-refractivity contribution in [2.75, 3.05) is 39.8 Å². The largest absolute Gasteiger partial charge is 0.338 e. The first kappa shape index (κ1) is 18.7. The Balaban J connectivity index is 0.00000242. The number of likely N-dealkylation sites (N-methyl/N-ethyl adjacent to an activating group) is 1. The fourth-order valence-electron chi connectivity index (χ4n) is 2.28. The zero-order valence-electron chi connectivity index (χ0n) is 12.1. The number of hydrogen-bond acceptors (Lipinski definition) is 3. The number of piperazine rings is 1. The Morgan fingerprint density at radius 1 is 1.23 bits per heavy atom. The molecule has 1 aliphatic rings. The van der Waals surface area contributed by atoms with Gasteiger partial charge in [-0.05, 0) is 19.2 Å². The maximum Gasteiger partial charge on any atom is 0.258 e. The van der Waals surface area contributed by atoms with Gasteiger partial charge < -0.3 is 15.1 Å². The van der Waals surface area contributed by atoms with Crippen molar-refractivity contribution in [1.29, 1.82) is 0 Å². The number of nitrogens with zero attached hydrogens (tertiary/aromatic N) is 2. The molecule has 2 amide bonds. The maximum atomic E-state index is 13.8. The van der Waals surface area contributed by atoms with Crippen LogP contribution in [0.2, 0.25) is 5.02 Å². The van der Waals surface area contributed by atoms with Crippen molar-refractivity contribution in [3.05, 3.63) is 34.6 Å². The molecule has 0 saturated carbocycles. The van der Waals surface area contributed by atoms with Crippen molar-refractivity contribution < 1.29 is 14.0 Å². The van der Waals surface area contributed by atoms with Crippen molar-refractivity contribution in [3.8, 4) is 0 Å². The van der Waals surface area contributed by atoms with Crippen molar-refractivity contribution in [1.82, 2.24) is 15.1 Å². The molecule has 0 unspecified atom stereocenters. The first-order chi connectivity index (χ1) is 10.0. The molecule has 1 aliphatic heterocycles. The summed E-state index contributed by atoms with van der Waals surface area (Å²) in [5.74, 6) is -1.06. The van der Waals surface area contributed by atoms with Crippen LogP contribution in [0.3, 0.4) is 0 Å². The monoisotopic (exact) mass is 349 g/mol. The first-order valence-electron chi connectivity index (χ1n) is 6.70. The molecule has 1 aromatic carbocycles. The van der Waals surface area contributed by atoms with Gasteiger partial charge in [-0.2, -0.15) is 0 Å². The lowest BCUT2D eigenvalue weighted by atomic mass is 10.1. The van der Waals surface area contributed by atoms with Crippen molar-refractivity contribution in [3.63, 3.8) is 0 Å². The van der Waals surface area contributed by atoms with E-state index in [4.69, 9.17) is 11.6 Å². The molecule has 1 N–H and O–H groups in total. The summed E-state index contributed by atoms with van der Waals surface area (Å²) in [7, 11) is 1.71. The highest BCUT2D eigenvalue weighted by Gasteiger charge is 2.27. The lowest BCUT2D eigenvalue weighted by molar-refractivity contribution is -0.131. The van der Waals surface area contributed by atoms with Gasteiger partial charge in [0.25, 0.3) is 5.91 Å². The normalized spacial score (nSPS) is 14.5. The second-order valence-corrected chi connectivity index (χ2v) is 5.21. The Morgan fingerprint density at radius 3 is 2.36 bits per heavy atom. The van der Waals surface area contributed by atoms with E-state index in [1.54, 1.807) is 11.9 Å². The van der Waals surface area contributed by atoms with E-state index in [9.17, 15) is 14.0 Å². The molecule has 0 spiro atoms. The average Bonchev–Trinajstić information content (AvgIpc) is 2.47. The lowest BCUT2D eigenvalue weighted by Crippen LogP contribution is -2.52. The topological polar surface area (TPSA) is 52.7 Å². The zero-order chi connectivity index (χ0) is 15.4. The fourth-order valence-corrected chi connectivity index (χ4v) is 2.53. The van der Waals surface area contributed by atoms with Crippen LogP contribution < -0.4 is 5.32 Å². The average molecular weight is 350 g/mol. The van der Waals surface area contributed by atoms with Gasteiger partial charge in [-0.25, -0.2) is 4.39 Å². The van der Waals surface area contributed by atoms with Gasteiger partial charge in [0.15, 0.2) is 0 Å². The fraction of sp³-hybridized carbons (Fsp3) is 0.429. The van der Waals surface area contributed by atoms with E-state index in [2.05, 4.69) is 5.32 Å². The molecule has 1 saturated heterocycles. The van der Waals surface area contributed by atoms with E-state index in [0.717, 1.165) is 0 Å². The molecule has 0 atom stereocenters. The smallest absolute Gasteiger partial charge is 0.258 e. The van der Waals surface area contributed by atoms with Gasteiger partial charge in [-0.1, -0.05) is 17.7 Å². The van der Waals surface area contributed by atoms with Crippen molar-refractivity contribution >= 4 is 35.8 Å². The predicted molar refractivity (Wildman–Crippen MR) is 85.1 cm³/mol. The van der Waals surface area contributed by atoms with E-state index in [-0.39, 0.29) is 35.4 Å². The lowest BCUT2D eigenvalue weighted by Gasteiger charge is -2.35. The number of carbonyl (C=O) groups excluding carboxylic acids is 2. The summed E-state index contributed by atoms with van der Waals surface area (Å²) in [6.45, 7) is 1.90. The first-order valence-corrected chi connectivity index (χ1v) is 7.08. The molecule has 8 heteroatoms. The van der Waals surface area contributed by atoms with Crippen LogP contribution in [0.15, 0.2) is 18.2 Å². The van der Waals surface area contributed by atoms with Crippen LogP contribution in [0, 0.1) is 5.82 Å². The second-order valence-electron chi connectivity index (χ2n) is 4.80. The molecular weight excluding hydrogens is 332 g/mol. The highest BCUT2D eigenvalue weighted by atomic mass is 35.5. The Kier molecular flexibility index (Phi) is 7.06. The number of rotatable bonds is 3. The number of nitrogens with one attached hydrogen (secondary N) is 1. The van der Waals surface area contributed by atoms with Gasteiger partial charge in [0, 0.05) is 26.2 Å². The van der Waals surface area contributed by atoms with Crippen LogP contribution in [0.1, 0.15) is 10.4 Å². The number of carbonyl (C=O) groups is 2. The number of halogens is 3. The zero-order valence-corrected chi connectivity index (χ0v) is 13.7. The summed E-state index contributed by atoms with van der Waals surface area (Å²) in [4.78, 5) is 27.3. The summed E-state index contributed by atoms with van der Waals surface area (Å²) < 4.78 is 13.8. The number of amides is 2. The van der Waals surface area contributed by atoms with Gasteiger partial charge in [0.05, 0.1) is 17.1 Å². The van der Waals surface area contributed by atoms with E-state index < -0.39 is 11.7 Å². The van der Waals surface area contributed by atoms with Gasteiger partial charge in [-0.3, -0.25) is 9.59 Å². The van der Waals surface area contributed by atoms with Gasteiger partial charge >= 0.3 is 0 Å². The molecule has 1 fully saturated rings. The molecule has 0 aromatic heterocycles. The van der Waals surface area contributed by atoms with Crippen LogP contribution in [-0.4, -0.2) is 61.4 Å². The third-order valence-electron chi connectivity index (χ3n) is 3.42. The molecule has 0 radical (unpaired) electrons. The Labute approximate surface area is 139 Å². The molecule has 0 bridgehead atoms. The minimum absolute atomic E-state index is 0. The quantitative estimate of drug-likeness (QED) is 0.897. The minimum Gasteiger partial charge on any atom is -0.338 e. The standard InChI is InChI=1S/C14H17ClFN3O2.ClH/c1-17-9-12(20)18-5-7-19(8-6-18)14(21)13-10(15)3-2-4-11(13)16;/h2-4,17H,5-9H2,1H3;1H. The maximum absolute atomic E-state index is 13.8. The minimum atomic E-state index is -0.624. The Hall–Kier alpha value is -1.37. The highest BCUT2D eigenvalue weighted by molar-refractivity contribution is 6.33. The molecule has 2 rings (SSSR count). The van der Waals surface area contributed by atoms with Crippen LogP contribution in [0.5, 0.6) is 0 Å². The Bertz CT molecular complexity index is 529. The van der Waals surface area contributed by atoms with E-state index in [1.165, 1.54) is 23.1 Å². The molecule has 1 aromatic rings. The van der Waals surface area contributed by atoms with E-state index >= 15 is 0 Å². The third-order valence-corrected chi connectivity index (χ3v) is 3.74. The van der Waals surface area contributed by atoms with E-state index in [1.807, 2.05) is 0 Å². The molecule has 5 nitrogen and oxygen atoms in total. The van der Waals surface area contributed by atoms with Crippen LogP contribution >= 0.6 is 24.0 Å². The Morgan fingerprint density at radius 2 is 1.82 bits per heavy atom. The molecule has 122 valence electrons. The summed E-state index contributed by atoms with van der Waals surface area (Å²) in [5.41, 5.74) is -0.103. The summed E-state index contributed by atoms with van der Waals surface area (Å²) in [6, 6.07) is 4.17. The number of benzene rings is 1. The summed E-state index contributed by atoms with van der Waals surface area (Å²) >= 11 is 5.90. The second kappa shape index (κ2) is 8.31. The van der Waals surface area contributed by atoms with Crippen molar-refractivity contribution in [2.45, 2.75) is 0 Å². The molecule has 0 aliphatic carbocycles. The third kappa shape index (κ3) is 4.09. The summed E-state index contributed by atoms with van der Waals surface area (Å²) in [6.07, 6.45) is 0. The highest BCUT2D eigenvalue weighted by Crippen LogP contribution is 2.21. The van der Waals surface area contributed by atoms with E-state index in [0.29, 0.717) is 26.2 Å². The SMILES string of the molecule is CNCC(=O)N1CCN(C(=O)c2c(F)cccc2Cl)CC1.Cl. The van der Waals surface area contributed by atoms with Gasteiger partial charge in [0.2, 0.25) is 5.91 Å². The van der Waals surface area contributed by atoms with Crippen molar-refractivity contribution in [2.24, 2.45) is 0 Å². The molecule has 22 heavy (non-hydrogen) atoms. The van der Waals surface area contributed by atoms with Gasteiger partial charge in [0.1, 0.15) is 5.82 Å². The van der Waals surface area contributed by atoms with Crippen LogP contribution in [0.4, 0.5) is 4.39 Å². The van der Waals surface area contributed by atoms with Crippen LogP contribution in [-0.2, 0) is 4.79 Å². The summed E-state index contributed by atoms with van der Waals surface area (Å²) in [5, 5.41) is 2.91. The van der Waals surface area contributed by atoms with Crippen LogP contribution in [0.25, 0.3) is 0 Å². The van der Waals surface area contributed by atoms with Gasteiger partial charge in [-0.15, -0.1) is 12.4 Å². The predicted octanol–water partition coefficient (Wildman–Crippen LogP) is 1.40. The molecule has 1 heterocycles. The molecular formula is C14H18Cl2FN3O2.